The monoisotopic (exact) mass is 169 g/mol. The van der Waals surface area contributed by atoms with E-state index in [0.717, 1.165) is 17.7 Å². The zero-order chi connectivity index (χ0) is 8.10. The van der Waals surface area contributed by atoms with Gasteiger partial charge in [-0.05, 0) is 22.6 Å². The molecular formula is C8H10O2P+. The number of para-hydroxylation sites is 1. The molecule has 58 valence electrons. The first kappa shape index (κ1) is 8.22. The van der Waals surface area contributed by atoms with Crippen LogP contribution in [0.25, 0.3) is 0 Å². The summed E-state index contributed by atoms with van der Waals surface area (Å²) in [6.07, 6.45) is 0.903. The molecule has 1 aromatic carbocycles. The fourth-order valence-corrected chi connectivity index (χ4v) is 1.23. The summed E-state index contributed by atoms with van der Waals surface area (Å²) in [5, 5.41) is 0. The second-order valence-corrected chi connectivity index (χ2v) is 2.52. The average molecular weight is 169 g/mol. The summed E-state index contributed by atoms with van der Waals surface area (Å²) in [6, 6.07) is 7.60. The van der Waals surface area contributed by atoms with Gasteiger partial charge in [0.15, 0.2) is 5.75 Å². The molecule has 0 saturated carbocycles. The van der Waals surface area contributed by atoms with E-state index in [1.54, 1.807) is 0 Å². The maximum atomic E-state index is 10.2. The van der Waals surface area contributed by atoms with Crippen molar-refractivity contribution in [3.05, 3.63) is 29.8 Å². The van der Waals surface area contributed by atoms with E-state index in [4.69, 9.17) is 4.52 Å². The predicted molar refractivity (Wildman–Crippen MR) is 45.4 cm³/mol. The van der Waals surface area contributed by atoms with Crippen molar-refractivity contribution in [3.63, 3.8) is 0 Å². The number of hydrogen-bond donors (Lipinski definition) is 0. The van der Waals surface area contributed by atoms with Gasteiger partial charge in [0.05, 0.1) is 0 Å². The van der Waals surface area contributed by atoms with Crippen LogP contribution < -0.4 is 4.52 Å². The van der Waals surface area contributed by atoms with Gasteiger partial charge in [0, 0.05) is 0 Å². The molecule has 11 heavy (non-hydrogen) atoms. The van der Waals surface area contributed by atoms with Crippen molar-refractivity contribution in [2.24, 2.45) is 0 Å². The normalized spacial score (nSPS) is 9.91. The molecule has 0 fully saturated rings. The van der Waals surface area contributed by atoms with Crippen LogP contribution in [0, 0.1) is 0 Å². The Hall–Kier alpha value is -0.880. The van der Waals surface area contributed by atoms with Crippen molar-refractivity contribution in [2.75, 3.05) is 0 Å². The topological polar surface area (TPSA) is 26.3 Å². The van der Waals surface area contributed by atoms with Crippen LogP contribution in [0.15, 0.2) is 24.3 Å². The van der Waals surface area contributed by atoms with Gasteiger partial charge >= 0.3 is 8.69 Å². The van der Waals surface area contributed by atoms with E-state index in [-0.39, 0.29) is 0 Å². The van der Waals surface area contributed by atoms with Crippen LogP contribution in [0.5, 0.6) is 5.75 Å². The minimum Gasteiger partial charge on any atom is -0.256 e. The lowest BCUT2D eigenvalue weighted by molar-refractivity contribution is 0.522. The predicted octanol–water partition coefficient (Wildman–Crippen LogP) is 2.57. The molecule has 3 heteroatoms. The molecule has 1 aromatic rings. The molecule has 1 unspecified atom stereocenters. The summed E-state index contributed by atoms with van der Waals surface area (Å²) < 4.78 is 15.1. The van der Waals surface area contributed by atoms with Gasteiger partial charge in [-0.2, -0.15) is 0 Å². The number of rotatable bonds is 3. The lowest BCUT2D eigenvalue weighted by atomic mass is 10.1. The molecule has 0 aliphatic heterocycles. The van der Waals surface area contributed by atoms with E-state index < -0.39 is 8.69 Å². The molecule has 0 aromatic heterocycles. The van der Waals surface area contributed by atoms with Gasteiger partial charge in [0.2, 0.25) is 0 Å². The summed E-state index contributed by atoms with van der Waals surface area (Å²) >= 11 is 0. The molecule has 0 N–H and O–H groups in total. The minimum absolute atomic E-state index is 0.715. The van der Waals surface area contributed by atoms with Gasteiger partial charge in [0.25, 0.3) is 0 Å². The maximum absolute atomic E-state index is 10.2. The summed E-state index contributed by atoms with van der Waals surface area (Å²) in [5.41, 5.74) is 1.09. The van der Waals surface area contributed by atoms with Crippen LogP contribution in [0.2, 0.25) is 0 Å². The van der Waals surface area contributed by atoms with Crippen LogP contribution in [0.3, 0.4) is 0 Å². The van der Waals surface area contributed by atoms with Gasteiger partial charge < -0.3 is 0 Å². The van der Waals surface area contributed by atoms with Crippen molar-refractivity contribution in [2.45, 2.75) is 13.3 Å². The van der Waals surface area contributed by atoms with Gasteiger partial charge in [-0.25, -0.2) is 0 Å². The Bertz CT molecular complexity index is 248. The lowest BCUT2D eigenvalue weighted by Crippen LogP contribution is -1.84. The highest BCUT2D eigenvalue weighted by molar-refractivity contribution is 7.17. The van der Waals surface area contributed by atoms with E-state index >= 15 is 0 Å². The van der Waals surface area contributed by atoms with Crippen molar-refractivity contribution in [1.29, 1.82) is 0 Å². The van der Waals surface area contributed by atoms with Crippen molar-refractivity contribution in [1.82, 2.24) is 0 Å². The van der Waals surface area contributed by atoms with Crippen LogP contribution >= 0.6 is 8.69 Å². The smallest absolute Gasteiger partial charge is 0.256 e. The SMILES string of the molecule is CCc1ccccc1O[PH+]=O. The summed E-state index contributed by atoms with van der Waals surface area (Å²) in [5.74, 6) is 0.725. The average Bonchev–Trinajstić information content (AvgIpc) is 2.06. The Morgan fingerprint density at radius 2 is 2.18 bits per heavy atom. The van der Waals surface area contributed by atoms with E-state index in [9.17, 15) is 4.57 Å². The molecule has 0 bridgehead atoms. The van der Waals surface area contributed by atoms with E-state index in [1.807, 2.05) is 31.2 Å². The number of benzene rings is 1. The number of hydrogen-bond acceptors (Lipinski definition) is 2. The molecule has 0 spiro atoms. The van der Waals surface area contributed by atoms with Crippen molar-refractivity contribution >= 4 is 8.69 Å². The first-order chi connectivity index (χ1) is 5.38. The molecule has 0 aliphatic carbocycles. The van der Waals surface area contributed by atoms with Crippen molar-refractivity contribution < 1.29 is 9.09 Å². The largest absolute Gasteiger partial charge is 0.542 e. The molecule has 0 amide bonds. The summed E-state index contributed by atoms with van der Waals surface area (Å²) in [7, 11) is -0.715. The first-order valence-corrected chi connectivity index (χ1v) is 4.32. The zero-order valence-electron chi connectivity index (χ0n) is 6.33. The highest BCUT2D eigenvalue weighted by Gasteiger charge is 2.02. The van der Waals surface area contributed by atoms with Crippen LogP contribution in [0.4, 0.5) is 0 Å². The molecule has 1 atom stereocenters. The van der Waals surface area contributed by atoms with Gasteiger partial charge in [-0.3, -0.25) is 4.52 Å². The van der Waals surface area contributed by atoms with E-state index in [1.165, 1.54) is 0 Å². The quantitative estimate of drug-likeness (QED) is 0.650. The lowest BCUT2D eigenvalue weighted by Gasteiger charge is -1.97. The Morgan fingerprint density at radius 1 is 1.45 bits per heavy atom. The second kappa shape index (κ2) is 4.09. The van der Waals surface area contributed by atoms with Crippen LogP contribution in [0.1, 0.15) is 12.5 Å². The Labute approximate surface area is 67.5 Å². The van der Waals surface area contributed by atoms with E-state index in [0.29, 0.717) is 0 Å². The standard InChI is InChI=1S/C8H10O2P/c1-2-7-5-3-4-6-8(7)10-11-9/h3-6,11H,2H2,1H3/q+1. The van der Waals surface area contributed by atoms with Gasteiger partial charge in [-0.1, -0.05) is 25.1 Å². The number of aryl methyl sites for hydroxylation is 1. The maximum Gasteiger partial charge on any atom is 0.542 e. The third kappa shape index (κ3) is 2.02. The third-order valence-electron chi connectivity index (χ3n) is 1.51. The highest BCUT2D eigenvalue weighted by Crippen LogP contribution is 2.21. The van der Waals surface area contributed by atoms with Crippen LogP contribution in [-0.4, -0.2) is 0 Å². The molecule has 1 rings (SSSR count). The molecule has 0 aliphatic rings. The molecule has 2 nitrogen and oxygen atoms in total. The Morgan fingerprint density at radius 3 is 2.82 bits per heavy atom. The molecule has 0 heterocycles. The zero-order valence-corrected chi connectivity index (χ0v) is 7.33. The van der Waals surface area contributed by atoms with Crippen LogP contribution in [-0.2, 0) is 11.0 Å². The molecule has 0 saturated heterocycles. The summed E-state index contributed by atoms with van der Waals surface area (Å²) in [6.45, 7) is 2.04. The molecular weight excluding hydrogens is 159 g/mol. The third-order valence-corrected chi connectivity index (χ3v) is 1.81. The Balaban J connectivity index is 2.92. The van der Waals surface area contributed by atoms with E-state index in [2.05, 4.69) is 0 Å². The molecule has 0 radical (unpaired) electrons. The fraction of sp³-hybridized carbons (Fsp3) is 0.250. The van der Waals surface area contributed by atoms with Gasteiger partial charge in [-0.15, -0.1) is 0 Å². The summed E-state index contributed by atoms with van der Waals surface area (Å²) in [4.78, 5) is 0. The fourth-order valence-electron chi connectivity index (χ4n) is 0.940. The van der Waals surface area contributed by atoms with Crippen molar-refractivity contribution in [3.8, 4) is 5.75 Å². The highest BCUT2D eigenvalue weighted by atomic mass is 31.1. The van der Waals surface area contributed by atoms with Gasteiger partial charge in [0.1, 0.15) is 0 Å². The second-order valence-electron chi connectivity index (χ2n) is 2.15. The first-order valence-electron chi connectivity index (χ1n) is 3.50. The Kier molecular flexibility index (Phi) is 3.06. The minimum atomic E-state index is -0.715.